The molecule has 4 heteroatoms. The summed E-state index contributed by atoms with van der Waals surface area (Å²) >= 11 is 0. The number of benzene rings is 2. The zero-order valence-corrected chi connectivity index (χ0v) is 10.2. The minimum Gasteiger partial charge on any atom is -0.482 e. The summed E-state index contributed by atoms with van der Waals surface area (Å²) in [5.41, 5.74) is 1.18. The molecule has 0 saturated carbocycles. The van der Waals surface area contributed by atoms with E-state index in [0.29, 0.717) is 17.0 Å². The third-order valence-electron chi connectivity index (χ3n) is 3.09. The fourth-order valence-electron chi connectivity index (χ4n) is 2.12. The van der Waals surface area contributed by atoms with Gasteiger partial charge < -0.3 is 9.64 Å². The van der Waals surface area contributed by atoms with Crippen molar-refractivity contribution >= 4 is 11.6 Å². The van der Waals surface area contributed by atoms with Crippen molar-refractivity contribution in [1.82, 2.24) is 0 Å². The highest BCUT2D eigenvalue weighted by Crippen LogP contribution is 2.32. The van der Waals surface area contributed by atoms with Crippen molar-refractivity contribution in [2.24, 2.45) is 0 Å². The Morgan fingerprint density at radius 3 is 2.68 bits per heavy atom. The number of carbonyl (C=O) groups is 1. The first-order chi connectivity index (χ1) is 9.25. The maximum atomic E-state index is 13.7. The maximum absolute atomic E-state index is 13.7. The van der Waals surface area contributed by atoms with E-state index >= 15 is 0 Å². The van der Waals surface area contributed by atoms with Crippen LogP contribution in [0.2, 0.25) is 0 Å². The van der Waals surface area contributed by atoms with E-state index in [9.17, 15) is 9.18 Å². The first kappa shape index (κ1) is 11.7. The second kappa shape index (κ2) is 4.72. The second-order valence-corrected chi connectivity index (χ2v) is 4.33. The quantitative estimate of drug-likeness (QED) is 0.828. The molecule has 0 spiro atoms. The summed E-state index contributed by atoms with van der Waals surface area (Å²) in [5, 5.41) is 0. The number of para-hydroxylation sites is 2. The summed E-state index contributed by atoms with van der Waals surface area (Å²) in [7, 11) is 0. The Balaban J connectivity index is 1.96. The highest BCUT2D eigenvalue weighted by Gasteiger charge is 2.25. The van der Waals surface area contributed by atoms with Gasteiger partial charge in [-0.3, -0.25) is 4.79 Å². The molecule has 0 N–H and O–H groups in total. The molecule has 19 heavy (non-hydrogen) atoms. The van der Waals surface area contributed by atoms with Gasteiger partial charge in [0, 0.05) is 5.56 Å². The third kappa shape index (κ3) is 2.17. The smallest absolute Gasteiger partial charge is 0.265 e. The van der Waals surface area contributed by atoms with Gasteiger partial charge in [-0.1, -0.05) is 30.3 Å². The van der Waals surface area contributed by atoms with Crippen LogP contribution in [0.4, 0.5) is 10.1 Å². The summed E-state index contributed by atoms with van der Waals surface area (Å²) in [4.78, 5) is 13.5. The van der Waals surface area contributed by atoms with E-state index in [4.69, 9.17) is 4.74 Å². The SMILES string of the molecule is O=C1COc2ccccc2N1Cc1ccccc1F. The van der Waals surface area contributed by atoms with Gasteiger partial charge in [0.1, 0.15) is 11.6 Å². The van der Waals surface area contributed by atoms with Gasteiger partial charge in [0.2, 0.25) is 0 Å². The van der Waals surface area contributed by atoms with Crippen molar-refractivity contribution in [1.29, 1.82) is 0 Å². The molecule has 0 aromatic heterocycles. The molecule has 3 nitrogen and oxygen atoms in total. The van der Waals surface area contributed by atoms with Crippen LogP contribution in [0.5, 0.6) is 5.75 Å². The Hall–Kier alpha value is -2.36. The van der Waals surface area contributed by atoms with E-state index in [2.05, 4.69) is 0 Å². The molecule has 1 amide bonds. The Morgan fingerprint density at radius 2 is 1.84 bits per heavy atom. The Morgan fingerprint density at radius 1 is 1.11 bits per heavy atom. The topological polar surface area (TPSA) is 29.5 Å². The van der Waals surface area contributed by atoms with Crippen LogP contribution in [0.25, 0.3) is 0 Å². The number of amides is 1. The molecule has 1 aliphatic heterocycles. The van der Waals surface area contributed by atoms with Crippen molar-refractivity contribution in [3.05, 3.63) is 59.9 Å². The molecular formula is C15H12FNO2. The fourth-order valence-corrected chi connectivity index (χ4v) is 2.12. The lowest BCUT2D eigenvalue weighted by molar-refractivity contribution is -0.121. The van der Waals surface area contributed by atoms with E-state index in [1.165, 1.54) is 6.07 Å². The van der Waals surface area contributed by atoms with E-state index < -0.39 is 0 Å². The van der Waals surface area contributed by atoms with Crippen LogP contribution >= 0.6 is 0 Å². The summed E-state index contributed by atoms with van der Waals surface area (Å²) in [5.74, 6) is 0.180. The van der Waals surface area contributed by atoms with E-state index in [0.717, 1.165) is 0 Å². The van der Waals surface area contributed by atoms with E-state index in [1.807, 2.05) is 12.1 Å². The molecule has 0 aliphatic carbocycles. The van der Waals surface area contributed by atoms with Crippen molar-refractivity contribution < 1.29 is 13.9 Å². The normalized spacial score (nSPS) is 13.9. The van der Waals surface area contributed by atoms with Gasteiger partial charge in [0.25, 0.3) is 5.91 Å². The number of fused-ring (bicyclic) bond motifs is 1. The molecule has 0 unspecified atom stereocenters. The number of hydrogen-bond acceptors (Lipinski definition) is 2. The average Bonchev–Trinajstić information content (AvgIpc) is 2.44. The number of rotatable bonds is 2. The van der Waals surface area contributed by atoms with Crippen LogP contribution in [-0.4, -0.2) is 12.5 Å². The lowest BCUT2D eigenvalue weighted by Crippen LogP contribution is -2.38. The summed E-state index contributed by atoms with van der Waals surface area (Å²) in [6, 6.07) is 13.7. The molecule has 0 atom stereocenters. The fraction of sp³-hybridized carbons (Fsp3) is 0.133. The van der Waals surface area contributed by atoms with Crippen LogP contribution in [0.3, 0.4) is 0 Å². The number of carbonyl (C=O) groups excluding carboxylic acids is 1. The second-order valence-electron chi connectivity index (χ2n) is 4.33. The minimum atomic E-state index is -0.306. The van der Waals surface area contributed by atoms with Gasteiger partial charge >= 0.3 is 0 Å². The highest BCUT2D eigenvalue weighted by molar-refractivity contribution is 5.97. The van der Waals surface area contributed by atoms with E-state index in [1.54, 1.807) is 35.2 Å². The van der Waals surface area contributed by atoms with Crippen molar-refractivity contribution in [2.75, 3.05) is 11.5 Å². The Bertz CT molecular complexity index is 627. The third-order valence-corrected chi connectivity index (χ3v) is 3.09. The number of nitrogens with zero attached hydrogens (tertiary/aromatic N) is 1. The molecular weight excluding hydrogens is 245 g/mol. The van der Waals surface area contributed by atoms with Crippen LogP contribution in [0.15, 0.2) is 48.5 Å². The largest absolute Gasteiger partial charge is 0.482 e. The molecule has 3 rings (SSSR count). The predicted molar refractivity (Wildman–Crippen MR) is 69.5 cm³/mol. The summed E-state index contributed by atoms with van der Waals surface area (Å²) in [6.07, 6.45) is 0. The van der Waals surface area contributed by atoms with Crippen molar-refractivity contribution in [2.45, 2.75) is 6.54 Å². The van der Waals surface area contributed by atoms with Gasteiger partial charge in [-0.15, -0.1) is 0 Å². The molecule has 0 radical (unpaired) electrons. The molecule has 2 aromatic carbocycles. The first-order valence-electron chi connectivity index (χ1n) is 6.01. The van der Waals surface area contributed by atoms with Gasteiger partial charge in [-0.2, -0.15) is 0 Å². The molecule has 2 aromatic rings. The number of halogens is 1. The molecule has 1 heterocycles. The predicted octanol–water partition coefficient (Wildman–Crippen LogP) is 2.75. The molecule has 1 aliphatic rings. The highest BCUT2D eigenvalue weighted by atomic mass is 19.1. The number of anilines is 1. The molecule has 0 saturated heterocycles. The molecule has 0 bridgehead atoms. The lowest BCUT2D eigenvalue weighted by Gasteiger charge is -2.29. The van der Waals surface area contributed by atoms with Crippen molar-refractivity contribution in [3.63, 3.8) is 0 Å². The standard InChI is InChI=1S/C15H12FNO2/c16-12-6-2-1-5-11(12)9-17-13-7-3-4-8-14(13)19-10-15(17)18/h1-8H,9-10H2. The lowest BCUT2D eigenvalue weighted by atomic mass is 10.1. The zero-order chi connectivity index (χ0) is 13.2. The van der Waals surface area contributed by atoms with Gasteiger partial charge in [0.15, 0.2) is 6.61 Å². The van der Waals surface area contributed by atoms with Crippen LogP contribution in [0.1, 0.15) is 5.56 Å². The first-order valence-corrected chi connectivity index (χ1v) is 6.01. The number of ether oxygens (including phenoxy) is 1. The number of hydrogen-bond donors (Lipinski definition) is 0. The van der Waals surface area contributed by atoms with E-state index in [-0.39, 0.29) is 24.9 Å². The zero-order valence-electron chi connectivity index (χ0n) is 10.2. The van der Waals surface area contributed by atoms with Gasteiger partial charge in [-0.25, -0.2) is 4.39 Å². The average molecular weight is 257 g/mol. The molecule has 0 fully saturated rings. The van der Waals surface area contributed by atoms with Crippen molar-refractivity contribution in [3.8, 4) is 5.75 Å². The van der Waals surface area contributed by atoms with Gasteiger partial charge in [0.05, 0.1) is 12.2 Å². The minimum absolute atomic E-state index is 0.00847. The summed E-state index contributed by atoms with van der Waals surface area (Å²) in [6.45, 7) is 0.206. The van der Waals surface area contributed by atoms with Crippen LogP contribution in [0, 0.1) is 5.82 Å². The maximum Gasteiger partial charge on any atom is 0.265 e. The summed E-state index contributed by atoms with van der Waals surface area (Å²) < 4.78 is 19.0. The van der Waals surface area contributed by atoms with Crippen LogP contribution < -0.4 is 9.64 Å². The molecule has 96 valence electrons. The monoisotopic (exact) mass is 257 g/mol. The Labute approximate surface area is 110 Å². The Kier molecular flexibility index (Phi) is 2.91. The van der Waals surface area contributed by atoms with Crippen LogP contribution in [-0.2, 0) is 11.3 Å². The van der Waals surface area contributed by atoms with Gasteiger partial charge in [-0.05, 0) is 18.2 Å².